The first-order valence-electron chi connectivity index (χ1n) is 5.32. The fourth-order valence-electron chi connectivity index (χ4n) is 1.43. The number of methoxy groups -OCH3 is 1. The molecule has 0 spiro atoms. The van der Waals surface area contributed by atoms with Gasteiger partial charge in [0.05, 0.1) is 6.61 Å². The predicted octanol–water partition coefficient (Wildman–Crippen LogP) is 1.56. The molecular formula is C13H17NO3. The molecule has 0 atom stereocenters. The summed E-state index contributed by atoms with van der Waals surface area (Å²) in [6.45, 7) is 4.93. The Balaban J connectivity index is 2.43. The number of carboxylic acids is 1. The van der Waals surface area contributed by atoms with Gasteiger partial charge in [-0.3, -0.25) is 0 Å². The average molecular weight is 235 g/mol. The molecule has 0 amide bonds. The van der Waals surface area contributed by atoms with Gasteiger partial charge in [-0.15, -0.1) is 0 Å². The number of benzene rings is 1. The molecule has 0 saturated carbocycles. The Labute approximate surface area is 101 Å². The van der Waals surface area contributed by atoms with Crippen molar-refractivity contribution in [3.63, 3.8) is 0 Å². The van der Waals surface area contributed by atoms with E-state index >= 15 is 0 Å². The minimum absolute atomic E-state index is 0.165. The molecule has 0 aromatic heterocycles. The van der Waals surface area contributed by atoms with E-state index in [4.69, 9.17) is 9.84 Å². The van der Waals surface area contributed by atoms with Gasteiger partial charge in [-0.1, -0.05) is 30.8 Å². The van der Waals surface area contributed by atoms with Gasteiger partial charge in [-0.05, 0) is 11.1 Å². The standard InChI is InChI=1S/C13H17NO3/c1-10(13(15)16)7-14-8-11-4-3-5-12(6-11)9-17-2/h3-6,14H,1,7-9H2,2H3,(H,15,16). The third-order valence-corrected chi connectivity index (χ3v) is 2.27. The number of carbonyl (C=O) groups is 1. The molecule has 0 aliphatic carbocycles. The van der Waals surface area contributed by atoms with E-state index in [2.05, 4.69) is 11.9 Å². The van der Waals surface area contributed by atoms with Crippen molar-refractivity contribution in [1.29, 1.82) is 0 Å². The Bertz CT molecular complexity index is 401. The van der Waals surface area contributed by atoms with Gasteiger partial charge in [-0.25, -0.2) is 4.79 Å². The van der Waals surface area contributed by atoms with Gasteiger partial charge in [0.15, 0.2) is 0 Å². The Morgan fingerprint density at radius 1 is 1.47 bits per heavy atom. The van der Waals surface area contributed by atoms with Crippen molar-refractivity contribution in [3.05, 3.63) is 47.5 Å². The SMILES string of the molecule is C=C(CNCc1cccc(COC)c1)C(=O)O. The fraction of sp³-hybridized carbons (Fsp3) is 0.308. The van der Waals surface area contributed by atoms with Crippen LogP contribution in [0, 0.1) is 0 Å². The van der Waals surface area contributed by atoms with Gasteiger partial charge in [-0.2, -0.15) is 0 Å². The summed E-state index contributed by atoms with van der Waals surface area (Å²) in [5.74, 6) is -0.967. The lowest BCUT2D eigenvalue weighted by atomic mass is 10.1. The van der Waals surface area contributed by atoms with E-state index in [9.17, 15) is 4.79 Å². The van der Waals surface area contributed by atoms with Crippen LogP contribution in [-0.4, -0.2) is 24.7 Å². The lowest BCUT2D eigenvalue weighted by Crippen LogP contribution is -2.19. The predicted molar refractivity (Wildman–Crippen MR) is 65.6 cm³/mol. The maximum atomic E-state index is 10.5. The molecule has 1 aromatic carbocycles. The maximum absolute atomic E-state index is 10.5. The number of hydrogen-bond acceptors (Lipinski definition) is 3. The summed E-state index contributed by atoms with van der Waals surface area (Å²) in [6, 6.07) is 7.95. The first-order chi connectivity index (χ1) is 8.13. The van der Waals surface area contributed by atoms with Gasteiger partial charge < -0.3 is 15.2 Å². The van der Waals surface area contributed by atoms with Gasteiger partial charge in [0, 0.05) is 25.8 Å². The molecule has 1 aromatic rings. The molecule has 0 aliphatic heterocycles. The largest absolute Gasteiger partial charge is 0.478 e. The highest BCUT2D eigenvalue weighted by molar-refractivity contribution is 5.86. The fourth-order valence-corrected chi connectivity index (χ4v) is 1.43. The number of ether oxygens (including phenoxy) is 1. The summed E-state index contributed by atoms with van der Waals surface area (Å²) in [5.41, 5.74) is 2.36. The van der Waals surface area contributed by atoms with Crippen molar-refractivity contribution in [2.75, 3.05) is 13.7 Å². The highest BCUT2D eigenvalue weighted by Crippen LogP contribution is 2.06. The number of carboxylic acid groups (broad SMARTS) is 1. The van der Waals surface area contributed by atoms with E-state index < -0.39 is 5.97 Å². The molecule has 17 heavy (non-hydrogen) atoms. The van der Waals surface area contributed by atoms with Crippen LogP contribution in [-0.2, 0) is 22.7 Å². The summed E-state index contributed by atoms with van der Waals surface area (Å²) >= 11 is 0. The highest BCUT2D eigenvalue weighted by atomic mass is 16.5. The minimum atomic E-state index is -0.967. The second kappa shape index (κ2) is 6.83. The van der Waals surface area contributed by atoms with Gasteiger partial charge >= 0.3 is 5.97 Å². The van der Waals surface area contributed by atoms with Crippen LogP contribution in [0.5, 0.6) is 0 Å². The summed E-state index contributed by atoms with van der Waals surface area (Å²) < 4.78 is 5.04. The van der Waals surface area contributed by atoms with Gasteiger partial charge in [0.1, 0.15) is 0 Å². The highest BCUT2D eigenvalue weighted by Gasteiger charge is 2.02. The summed E-state index contributed by atoms with van der Waals surface area (Å²) in [4.78, 5) is 10.5. The van der Waals surface area contributed by atoms with E-state index in [-0.39, 0.29) is 12.1 Å². The molecule has 92 valence electrons. The van der Waals surface area contributed by atoms with Crippen LogP contribution < -0.4 is 5.32 Å². The zero-order valence-electron chi connectivity index (χ0n) is 9.90. The van der Waals surface area contributed by atoms with Crippen LogP contribution in [0.4, 0.5) is 0 Å². The van der Waals surface area contributed by atoms with E-state index in [0.29, 0.717) is 13.2 Å². The Hall–Kier alpha value is -1.65. The second-order valence-electron chi connectivity index (χ2n) is 3.77. The van der Waals surface area contributed by atoms with Crippen LogP contribution in [0.3, 0.4) is 0 Å². The molecule has 4 heteroatoms. The zero-order chi connectivity index (χ0) is 12.7. The van der Waals surface area contributed by atoms with Crippen molar-refractivity contribution < 1.29 is 14.6 Å². The van der Waals surface area contributed by atoms with E-state index in [1.54, 1.807) is 7.11 Å². The van der Waals surface area contributed by atoms with E-state index in [1.165, 1.54) is 0 Å². The van der Waals surface area contributed by atoms with Crippen molar-refractivity contribution in [1.82, 2.24) is 5.32 Å². The lowest BCUT2D eigenvalue weighted by molar-refractivity contribution is -0.132. The number of aliphatic carboxylic acids is 1. The lowest BCUT2D eigenvalue weighted by Gasteiger charge is -2.06. The minimum Gasteiger partial charge on any atom is -0.478 e. The molecule has 0 unspecified atom stereocenters. The van der Waals surface area contributed by atoms with Crippen molar-refractivity contribution in [2.24, 2.45) is 0 Å². The van der Waals surface area contributed by atoms with Crippen molar-refractivity contribution in [3.8, 4) is 0 Å². The molecule has 0 saturated heterocycles. The van der Waals surface area contributed by atoms with Gasteiger partial charge in [0.2, 0.25) is 0 Å². The van der Waals surface area contributed by atoms with Crippen LogP contribution in [0.1, 0.15) is 11.1 Å². The quantitative estimate of drug-likeness (QED) is 0.704. The van der Waals surface area contributed by atoms with Crippen molar-refractivity contribution in [2.45, 2.75) is 13.2 Å². The normalized spacial score (nSPS) is 10.2. The molecule has 4 nitrogen and oxygen atoms in total. The van der Waals surface area contributed by atoms with E-state index in [1.807, 2.05) is 24.3 Å². The zero-order valence-corrected chi connectivity index (χ0v) is 9.90. The summed E-state index contributed by atoms with van der Waals surface area (Å²) in [7, 11) is 1.65. The van der Waals surface area contributed by atoms with Crippen LogP contribution in [0.15, 0.2) is 36.4 Å². The molecule has 0 fully saturated rings. The Morgan fingerprint density at radius 2 is 2.18 bits per heavy atom. The van der Waals surface area contributed by atoms with Crippen LogP contribution >= 0.6 is 0 Å². The molecule has 0 bridgehead atoms. The third-order valence-electron chi connectivity index (χ3n) is 2.27. The molecular weight excluding hydrogens is 218 g/mol. The Kier molecular flexibility index (Phi) is 5.39. The topological polar surface area (TPSA) is 58.6 Å². The monoisotopic (exact) mass is 235 g/mol. The number of nitrogens with one attached hydrogen (secondary N) is 1. The van der Waals surface area contributed by atoms with Crippen molar-refractivity contribution >= 4 is 5.97 Å². The first-order valence-corrected chi connectivity index (χ1v) is 5.32. The number of hydrogen-bond donors (Lipinski definition) is 2. The summed E-state index contributed by atoms with van der Waals surface area (Å²) in [6.07, 6.45) is 0. The van der Waals surface area contributed by atoms with Crippen LogP contribution in [0.25, 0.3) is 0 Å². The summed E-state index contributed by atoms with van der Waals surface area (Å²) in [5, 5.41) is 11.7. The first kappa shape index (κ1) is 13.4. The van der Waals surface area contributed by atoms with E-state index in [0.717, 1.165) is 11.1 Å². The molecule has 2 N–H and O–H groups in total. The Morgan fingerprint density at radius 3 is 2.82 bits per heavy atom. The smallest absolute Gasteiger partial charge is 0.332 e. The average Bonchev–Trinajstić information content (AvgIpc) is 2.29. The molecule has 0 radical (unpaired) electrons. The second-order valence-corrected chi connectivity index (χ2v) is 3.77. The third kappa shape index (κ3) is 4.80. The number of rotatable bonds is 7. The molecule has 1 rings (SSSR count). The molecule has 0 heterocycles. The molecule has 0 aliphatic rings. The maximum Gasteiger partial charge on any atom is 0.332 e. The van der Waals surface area contributed by atoms with Crippen LogP contribution in [0.2, 0.25) is 0 Å². The van der Waals surface area contributed by atoms with Gasteiger partial charge in [0.25, 0.3) is 0 Å².